The largest absolute Gasteiger partial charge is 0.469 e. The van der Waals surface area contributed by atoms with Crippen molar-refractivity contribution < 1.29 is 9.21 Å². The van der Waals surface area contributed by atoms with Gasteiger partial charge in [0.1, 0.15) is 11.5 Å². The van der Waals surface area contributed by atoms with Crippen LogP contribution in [-0.2, 0) is 13.0 Å². The summed E-state index contributed by atoms with van der Waals surface area (Å²) < 4.78 is 6.90. The molecule has 0 fully saturated rings. The van der Waals surface area contributed by atoms with Gasteiger partial charge in [-0.1, -0.05) is 0 Å². The fourth-order valence-corrected chi connectivity index (χ4v) is 2.14. The Labute approximate surface area is 117 Å². The van der Waals surface area contributed by atoms with Gasteiger partial charge in [-0.2, -0.15) is 5.10 Å². The van der Waals surface area contributed by atoms with Crippen molar-refractivity contribution in [2.75, 3.05) is 5.73 Å². The van der Waals surface area contributed by atoms with E-state index in [1.807, 2.05) is 26.0 Å². The second-order valence-electron chi connectivity index (χ2n) is 4.82. The van der Waals surface area contributed by atoms with Crippen LogP contribution in [0, 0.1) is 6.92 Å². The molecule has 0 spiro atoms. The maximum atomic E-state index is 12.3. The second kappa shape index (κ2) is 5.81. The lowest BCUT2D eigenvalue weighted by molar-refractivity contribution is 0.0929. The molecule has 0 aromatic carbocycles. The first-order valence-electron chi connectivity index (χ1n) is 6.69. The molecule has 108 valence electrons. The Balaban J connectivity index is 2.08. The van der Waals surface area contributed by atoms with Gasteiger partial charge in [-0.25, -0.2) is 0 Å². The van der Waals surface area contributed by atoms with Gasteiger partial charge in [-0.05, 0) is 32.9 Å². The Morgan fingerprint density at radius 1 is 1.60 bits per heavy atom. The van der Waals surface area contributed by atoms with Gasteiger partial charge in [-0.15, -0.1) is 0 Å². The third-order valence-corrected chi connectivity index (χ3v) is 3.15. The number of amides is 1. The minimum Gasteiger partial charge on any atom is -0.469 e. The summed E-state index contributed by atoms with van der Waals surface area (Å²) in [6.07, 6.45) is 2.26. The molecule has 0 aliphatic heterocycles. The first-order chi connectivity index (χ1) is 9.52. The number of rotatable bonds is 5. The number of nitrogen functional groups attached to an aromatic ring is 1. The second-order valence-corrected chi connectivity index (χ2v) is 4.82. The highest BCUT2D eigenvalue weighted by Crippen LogP contribution is 2.16. The Kier molecular flexibility index (Phi) is 4.12. The smallest absolute Gasteiger partial charge is 0.271 e. The van der Waals surface area contributed by atoms with Crippen LogP contribution in [0.2, 0.25) is 0 Å². The number of nitrogens with one attached hydrogen (secondary N) is 1. The summed E-state index contributed by atoms with van der Waals surface area (Å²) in [7, 11) is 0. The third kappa shape index (κ3) is 2.84. The van der Waals surface area contributed by atoms with Crippen molar-refractivity contribution in [2.45, 2.75) is 39.8 Å². The molecule has 6 heteroatoms. The normalized spacial score (nSPS) is 12.3. The Hall–Kier alpha value is -2.24. The van der Waals surface area contributed by atoms with E-state index in [2.05, 4.69) is 10.4 Å². The molecule has 0 aliphatic carbocycles. The van der Waals surface area contributed by atoms with Crippen molar-refractivity contribution in [1.82, 2.24) is 15.1 Å². The molecule has 1 atom stereocenters. The van der Waals surface area contributed by atoms with Crippen molar-refractivity contribution in [1.29, 1.82) is 0 Å². The van der Waals surface area contributed by atoms with E-state index in [0.29, 0.717) is 30.0 Å². The summed E-state index contributed by atoms with van der Waals surface area (Å²) in [6.45, 7) is 6.25. The Bertz CT molecular complexity index is 587. The van der Waals surface area contributed by atoms with Crippen LogP contribution in [0.3, 0.4) is 0 Å². The van der Waals surface area contributed by atoms with Crippen LogP contribution in [0.25, 0.3) is 0 Å². The summed E-state index contributed by atoms with van der Waals surface area (Å²) in [5, 5.41) is 7.17. The molecule has 0 aliphatic rings. The maximum absolute atomic E-state index is 12.3. The highest BCUT2D eigenvalue weighted by molar-refractivity contribution is 5.98. The van der Waals surface area contributed by atoms with E-state index in [9.17, 15) is 4.79 Å². The average molecular weight is 276 g/mol. The molecule has 20 heavy (non-hydrogen) atoms. The van der Waals surface area contributed by atoms with E-state index in [1.54, 1.807) is 17.9 Å². The van der Waals surface area contributed by atoms with E-state index < -0.39 is 0 Å². The van der Waals surface area contributed by atoms with Gasteiger partial charge < -0.3 is 15.5 Å². The molecule has 0 saturated heterocycles. The fourth-order valence-electron chi connectivity index (χ4n) is 2.14. The predicted molar refractivity (Wildman–Crippen MR) is 76.4 cm³/mol. The van der Waals surface area contributed by atoms with E-state index in [4.69, 9.17) is 10.2 Å². The number of aromatic nitrogens is 2. The van der Waals surface area contributed by atoms with Crippen molar-refractivity contribution in [3.63, 3.8) is 0 Å². The van der Waals surface area contributed by atoms with Gasteiger partial charge in [0.2, 0.25) is 0 Å². The van der Waals surface area contributed by atoms with Gasteiger partial charge in [0.15, 0.2) is 0 Å². The lowest BCUT2D eigenvalue weighted by atomic mass is 10.2. The molecule has 0 bridgehead atoms. The first kappa shape index (κ1) is 14.2. The molecule has 0 radical (unpaired) electrons. The molecular weight excluding hydrogens is 256 g/mol. The number of carbonyl (C=O) groups excluding carboxylic acids is 1. The van der Waals surface area contributed by atoms with Gasteiger partial charge >= 0.3 is 0 Å². The lowest BCUT2D eigenvalue weighted by Crippen LogP contribution is -2.35. The predicted octanol–water partition coefficient (Wildman–Crippen LogP) is 1.75. The summed E-state index contributed by atoms with van der Waals surface area (Å²) >= 11 is 0. The lowest BCUT2D eigenvalue weighted by Gasteiger charge is -2.13. The molecule has 6 nitrogen and oxygen atoms in total. The number of carbonyl (C=O) groups is 1. The highest BCUT2D eigenvalue weighted by Gasteiger charge is 2.20. The summed E-state index contributed by atoms with van der Waals surface area (Å²) in [5.41, 5.74) is 7.47. The molecule has 0 saturated carbocycles. The molecule has 1 amide bonds. The van der Waals surface area contributed by atoms with Crippen molar-refractivity contribution in [2.24, 2.45) is 0 Å². The van der Waals surface area contributed by atoms with Crippen molar-refractivity contribution >= 4 is 11.6 Å². The van der Waals surface area contributed by atoms with Gasteiger partial charge in [0.05, 0.1) is 17.6 Å². The van der Waals surface area contributed by atoms with E-state index >= 15 is 0 Å². The van der Waals surface area contributed by atoms with Crippen LogP contribution >= 0.6 is 0 Å². The highest BCUT2D eigenvalue weighted by atomic mass is 16.3. The van der Waals surface area contributed by atoms with E-state index in [1.165, 1.54) is 0 Å². The minimum atomic E-state index is -0.205. The SMILES string of the molecule is CCn1nc(C)c(N)c1C(=O)NC(C)Cc1ccco1. The van der Waals surface area contributed by atoms with Crippen LogP contribution in [0.15, 0.2) is 22.8 Å². The van der Waals surface area contributed by atoms with Gasteiger partial charge in [0, 0.05) is 19.0 Å². The molecule has 2 aromatic heterocycles. The summed E-state index contributed by atoms with van der Waals surface area (Å²) in [6, 6.07) is 3.67. The van der Waals surface area contributed by atoms with Crippen LogP contribution < -0.4 is 11.1 Å². The Morgan fingerprint density at radius 2 is 2.35 bits per heavy atom. The van der Waals surface area contributed by atoms with Crippen molar-refractivity contribution in [3.05, 3.63) is 35.5 Å². The number of nitrogens with two attached hydrogens (primary N) is 1. The third-order valence-electron chi connectivity index (χ3n) is 3.15. The van der Waals surface area contributed by atoms with Gasteiger partial charge in [-0.3, -0.25) is 9.48 Å². The minimum absolute atomic E-state index is 0.0476. The summed E-state index contributed by atoms with van der Waals surface area (Å²) in [5.74, 6) is 0.634. The van der Waals surface area contributed by atoms with Crippen LogP contribution in [0.1, 0.15) is 35.8 Å². The average Bonchev–Trinajstić information content (AvgIpc) is 2.98. The monoisotopic (exact) mass is 276 g/mol. The Morgan fingerprint density at radius 3 is 2.95 bits per heavy atom. The standard InChI is InChI=1S/C14H20N4O2/c1-4-18-13(12(15)10(3)17-18)14(19)16-9(2)8-11-6-5-7-20-11/h5-7,9H,4,8,15H2,1-3H3,(H,16,19). The number of hydrogen-bond acceptors (Lipinski definition) is 4. The molecular formula is C14H20N4O2. The van der Waals surface area contributed by atoms with Gasteiger partial charge in [0.25, 0.3) is 5.91 Å². The fraction of sp³-hybridized carbons (Fsp3) is 0.429. The zero-order valence-electron chi connectivity index (χ0n) is 12.0. The van der Waals surface area contributed by atoms with Crippen molar-refractivity contribution in [3.8, 4) is 0 Å². The molecule has 3 N–H and O–H groups in total. The number of nitrogens with zero attached hydrogens (tertiary/aromatic N) is 2. The topological polar surface area (TPSA) is 86.1 Å². The molecule has 2 rings (SSSR count). The van der Waals surface area contributed by atoms with E-state index in [-0.39, 0.29) is 11.9 Å². The molecule has 2 heterocycles. The first-order valence-corrected chi connectivity index (χ1v) is 6.69. The summed E-state index contributed by atoms with van der Waals surface area (Å²) in [4.78, 5) is 12.3. The molecule has 2 aromatic rings. The zero-order chi connectivity index (χ0) is 14.7. The maximum Gasteiger partial charge on any atom is 0.271 e. The number of anilines is 1. The zero-order valence-corrected chi connectivity index (χ0v) is 12.0. The van der Waals surface area contributed by atoms with Crippen LogP contribution in [0.4, 0.5) is 5.69 Å². The molecule has 1 unspecified atom stereocenters. The van der Waals surface area contributed by atoms with Crippen LogP contribution in [0.5, 0.6) is 0 Å². The number of furan rings is 1. The quantitative estimate of drug-likeness (QED) is 0.871. The number of aryl methyl sites for hydroxylation is 2. The number of hydrogen-bond donors (Lipinski definition) is 2. The van der Waals surface area contributed by atoms with E-state index in [0.717, 1.165) is 5.76 Å². The van der Waals surface area contributed by atoms with Crippen LogP contribution in [-0.4, -0.2) is 21.7 Å².